The zero-order valence-corrected chi connectivity index (χ0v) is 14.0. The first-order chi connectivity index (χ1) is 10.1. The lowest BCUT2D eigenvalue weighted by Crippen LogP contribution is -2.52. The molecule has 4 saturated carbocycles. The number of hydrogen-bond donors (Lipinski definition) is 0. The zero-order valence-electron chi connectivity index (χ0n) is 14.0. The SMILES string of the molecule is C#C[C@H]1CC[C@H]2[C@@H]3CCC4CCCC[C@]4(C)[C@H]3CC[C@]12C. The fraction of sp³-hybridized carbons (Fsp3) is 0.905. The Labute approximate surface area is 131 Å². The molecule has 0 heteroatoms. The van der Waals surface area contributed by atoms with Crippen LogP contribution in [0.3, 0.4) is 0 Å². The molecule has 1 unspecified atom stereocenters. The fourth-order valence-corrected chi connectivity index (χ4v) is 7.57. The lowest BCUT2D eigenvalue weighted by molar-refractivity contribution is -0.107. The van der Waals surface area contributed by atoms with Crippen molar-refractivity contribution in [2.75, 3.05) is 0 Å². The minimum absolute atomic E-state index is 0.480. The molecule has 0 bridgehead atoms. The van der Waals surface area contributed by atoms with Crippen LogP contribution in [0.4, 0.5) is 0 Å². The van der Waals surface area contributed by atoms with Crippen molar-refractivity contribution in [3.63, 3.8) is 0 Å². The van der Waals surface area contributed by atoms with Gasteiger partial charge < -0.3 is 0 Å². The van der Waals surface area contributed by atoms with Crippen molar-refractivity contribution in [1.82, 2.24) is 0 Å². The molecule has 0 heterocycles. The van der Waals surface area contributed by atoms with Gasteiger partial charge in [-0.3, -0.25) is 0 Å². The van der Waals surface area contributed by atoms with Gasteiger partial charge in [-0.25, -0.2) is 0 Å². The molecular weight excluding hydrogens is 252 g/mol. The first kappa shape index (κ1) is 14.2. The second kappa shape index (κ2) is 4.78. The van der Waals surface area contributed by atoms with Gasteiger partial charge in [-0.05, 0) is 85.9 Å². The van der Waals surface area contributed by atoms with E-state index in [9.17, 15) is 0 Å². The fourth-order valence-electron chi connectivity index (χ4n) is 7.57. The third-order valence-corrected chi connectivity index (χ3v) is 8.78. The molecule has 0 N–H and O–H groups in total. The van der Waals surface area contributed by atoms with Crippen LogP contribution in [0.1, 0.15) is 78.1 Å². The van der Waals surface area contributed by atoms with Crippen LogP contribution >= 0.6 is 0 Å². The predicted molar refractivity (Wildman–Crippen MR) is 88.7 cm³/mol. The first-order valence-electron chi connectivity index (χ1n) is 9.56. The van der Waals surface area contributed by atoms with Crippen LogP contribution in [0.25, 0.3) is 0 Å². The molecule has 21 heavy (non-hydrogen) atoms. The van der Waals surface area contributed by atoms with Crippen molar-refractivity contribution in [3.05, 3.63) is 0 Å². The normalized spacial score (nSPS) is 56.0. The lowest BCUT2D eigenvalue weighted by atomic mass is 9.45. The molecule has 0 aromatic rings. The molecule has 4 aliphatic rings. The highest BCUT2D eigenvalue weighted by atomic mass is 14.6. The van der Waals surface area contributed by atoms with Gasteiger partial charge in [-0.1, -0.05) is 26.7 Å². The Balaban J connectivity index is 1.64. The maximum absolute atomic E-state index is 5.88. The summed E-state index contributed by atoms with van der Waals surface area (Å²) in [5, 5.41) is 0. The minimum atomic E-state index is 0.480. The van der Waals surface area contributed by atoms with Gasteiger partial charge in [-0.15, -0.1) is 12.3 Å². The van der Waals surface area contributed by atoms with Crippen LogP contribution in [-0.2, 0) is 0 Å². The van der Waals surface area contributed by atoms with Gasteiger partial charge in [0, 0.05) is 5.92 Å². The summed E-state index contributed by atoms with van der Waals surface area (Å²) in [6, 6.07) is 0. The highest BCUT2D eigenvalue weighted by Crippen LogP contribution is 2.67. The highest BCUT2D eigenvalue weighted by Gasteiger charge is 2.59. The topological polar surface area (TPSA) is 0 Å². The van der Waals surface area contributed by atoms with E-state index in [1.54, 1.807) is 0 Å². The Kier molecular flexibility index (Phi) is 3.22. The Morgan fingerprint density at radius 3 is 2.43 bits per heavy atom. The van der Waals surface area contributed by atoms with Gasteiger partial charge in [-0.2, -0.15) is 0 Å². The van der Waals surface area contributed by atoms with Crippen LogP contribution in [-0.4, -0.2) is 0 Å². The molecule has 7 atom stereocenters. The van der Waals surface area contributed by atoms with E-state index < -0.39 is 0 Å². The summed E-state index contributed by atoms with van der Waals surface area (Å²) < 4.78 is 0. The number of hydrogen-bond acceptors (Lipinski definition) is 0. The van der Waals surface area contributed by atoms with E-state index in [0.717, 1.165) is 23.7 Å². The molecule has 4 aliphatic carbocycles. The Hall–Kier alpha value is -0.440. The molecule has 0 aromatic carbocycles. The molecule has 116 valence electrons. The van der Waals surface area contributed by atoms with Crippen LogP contribution in [0.2, 0.25) is 0 Å². The molecule has 4 rings (SSSR count). The molecule has 0 nitrogen and oxygen atoms in total. The molecule has 0 spiro atoms. The summed E-state index contributed by atoms with van der Waals surface area (Å²) in [7, 11) is 0. The summed E-state index contributed by atoms with van der Waals surface area (Å²) in [6.07, 6.45) is 20.6. The molecule has 4 fully saturated rings. The average molecular weight is 284 g/mol. The second-order valence-electron chi connectivity index (χ2n) is 9.24. The summed E-state index contributed by atoms with van der Waals surface area (Å²) in [5.41, 5.74) is 1.16. The van der Waals surface area contributed by atoms with Gasteiger partial charge in [0.1, 0.15) is 0 Å². The first-order valence-corrected chi connectivity index (χ1v) is 9.56. The monoisotopic (exact) mass is 284 g/mol. The predicted octanol–water partition coefficient (Wildman–Crippen LogP) is 5.67. The quantitative estimate of drug-likeness (QED) is 0.503. The summed E-state index contributed by atoms with van der Waals surface area (Å²) >= 11 is 0. The summed E-state index contributed by atoms with van der Waals surface area (Å²) in [6.45, 7) is 5.21. The Morgan fingerprint density at radius 2 is 1.62 bits per heavy atom. The molecule has 0 radical (unpaired) electrons. The number of fused-ring (bicyclic) bond motifs is 5. The van der Waals surface area contributed by atoms with Gasteiger partial charge in [0.05, 0.1) is 0 Å². The van der Waals surface area contributed by atoms with Gasteiger partial charge in [0.15, 0.2) is 0 Å². The standard InChI is InChI=1S/C21H32/c1-4-15-9-11-18-17-10-8-16-7-5-6-13-20(16,2)19(17)12-14-21(15,18)3/h1,15-19H,5-14H2,2-3H3/t15-,16?,17-,18-,19-,20-,21+/m0/s1. The van der Waals surface area contributed by atoms with E-state index in [1.807, 2.05) is 0 Å². The smallest absolute Gasteiger partial charge is 0.0256 e. The van der Waals surface area contributed by atoms with Crippen LogP contribution in [0, 0.1) is 52.8 Å². The van der Waals surface area contributed by atoms with Gasteiger partial charge in [0.2, 0.25) is 0 Å². The highest BCUT2D eigenvalue weighted by molar-refractivity contribution is 5.14. The van der Waals surface area contributed by atoms with E-state index in [2.05, 4.69) is 19.8 Å². The summed E-state index contributed by atoms with van der Waals surface area (Å²) in [5.74, 6) is 7.74. The minimum Gasteiger partial charge on any atom is -0.120 e. The van der Waals surface area contributed by atoms with E-state index in [0.29, 0.717) is 16.7 Å². The van der Waals surface area contributed by atoms with Crippen LogP contribution in [0.5, 0.6) is 0 Å². The van der Waals surface area contributed by atoms with E-state index >= 15 is 0 Å². The van der Waals surface area contributed by atoms with Crippen molar-refractivity contribution >= 4 is 0 Å². The molecule has 0 amide bonds. The second-order valence-corrected chi connectivity index (χ2v) is 9.24. The van der Waals surface area contributed by atoms with Crippen molar-refractivity contribution in [1.29, 1.82) is 0 Å². The molecule has 0 saturated heterocycles. The van der Waals surface area contributed by atoms with E-state index in [4.69, 9.17) is 6.42 Å². The summed E-state index contributed by atoms with van der Waals surface area (Å²) in [4.78, 5) is 0. The average Bonchev–Trinajstić information content (AvgIpc) is 2.83. The van der Waals surface area contributed by atoms with Crippen molar-refractivity contribution in [3.8, 4) is 12.3 Å². The maximum Gasteiger partial charge on any atom is 0.0256 e. The Bertz CT molecular complexity index is 457. The van der Waals surface area contributed by atoms with Crippen LogP contribution in [0.15, 0.2) is 0 Å². The third-order valence-electron chi connectivity index (χ3n) is 8.78. The third kappa shape index (κ3) is 1.82. The van der Waals surface area contributed by atoms with Gasteiger partial charge in [0.25, 0.3) is 0 Å². The molecule has 0 aliphatic heterocycles. The molecule has 0 aromatic heterocycles. The maximum atomic E-state index is 5.88. The van der Waals surface area contributed by atoms with E-state index in [1.165, 1.54) is 64.2 Å². The zero-order chi connectivity index (χ0) is 14.7. The number of terminal acetylenes is 1. The van der Waals surface area contributed by atoms with Crippen molar-refractivity contribution in [2.24, 2.45) is 40.4 Å². The Morgan fingerprint density at radius 1 is 0.810 bits per heavy atom. The largest absolute Gasteiger partial charge is 0.120 e. The van der Waals surface area contributed by atoms with Crippen molar-refractivity contribution in [2.45, 2.75) is 78.1 Å². The molecular formula is C21H32. The lowest BCUT2D eigenvalue weighted by Gasteiger charge is -2.60. The number of rotatable bonds is 0. The van der Waals surface area contributed by atoms with Gasteiger partial charge >= 0.3 is 0 Å². The van der Waals surface area contributed by atoms with Crippen LogP contribution < -0.4 is 0 Å². The van der Waals surface area contributed by atoms with E-state index in [-0.39, 0.29) is 0 Å². The van der Waals surface area contributed by atoms with Crippen molar-refractivity contribution < 1.29 is 0 Å².